The molecule has 0 radical (unpaired) electrons. The Morgan fingerprint density at radius 1 is 1.37 bits per heavy atom. The fraction of sp³-hybridized carbons (Fsp3) is 0.846. The fourth-order valence-electron chi connectivity index (χ4n) is 2.26. The molecule has 19 heavy (non-hydrogen) atoms. The van der Waals surface area contributed by atoms with Gasteiger partial charge in [-0.15, -0.1) is 5.10 Å². The maximum atomic E-state index is 5.60. The average molecular weight is 266 g/mol. The lowest BCUT2D eigenvalue weighted by Crippen LogP contribution is -2.15. The second-order valence-corrected chi connectivity index (χ2v) is 5.31. The van der Waals surface area contributed by atoms with Crippen molar-refractivity contribution in [2.24, 2.45) is 0 Å². The van der Waals surface area contributed by atoms with Crippen molar-refractivity contribution in [2.75, 3.05) is 31.7 Å². The van der Waals surface area contributed by atoms with Gasteiger partial charge in [0.15, 0.2) is 0 Å². The highest BCUT2D eigenvalue weighted by molar-refractivity contribution is 5.24. The Balaban J connectivity index is 1.23. The van der Waals surface area contributed by atoms with Crippen molar-refractivity contribution < 1.29 is 9.47 Å². The van der Waals surface area contributed by atoms with Gasteiger partial charge in [0.05, 0.1) is 12.7 Å². The zero-order valence-electron chi connectivity index (χ0n) is 11.2. The van der Waals surface area contributed by atoms with E-state index in [1.165, 1.54) is 19.3 Å². The minimum atomic E-state index is 0.321. The lowest BCUT2D eigenvalue weighted by Gasteiger charge is -2.09. The molecule has 0 spiro atoms. The van der Waals surface area contributed by atoms with Crippen LogP contribution < -0.4 is 5.32 Å². The van der Waals surface area contributed by atoms with E-state index in [9.17, 15) is 0 Å². The Bertz CT molecular complexity index is 386. The summed E-state index contributed by atoms with van der Waals surface area (Å²) in [5, 5.41) is 10.3. The summed E-state index contributed by atoms with van der Waals surface area (Å²) in [6.45, 7) is 3.22. The summed E-state index contributed by atoms with van der Waals surface area (Å²) in [5.41, 5.74) is 0. The quantitative estimate of drug-likeness (QED) is 0.700. The van der Waals surface area contributed by atoms with Gasteiger partial charge in [0, 0.05) is 25.7 Å². The number of nitrogens with zero attached hydrogens (tertiary/aromatic N) is 2. The highest BCUT2D eigenvalue weighted by Crippen LogP contribution is 2.37. The van der Waals surface area contributed by atoms with Gasteiger partial charge in [-0.3, -0.25) is 5.10 Å². The minimum Gasteiger partial charge on any atom is -0.379 e. The van der Waals surface area contributed by atoms with Crippen LogP contribution in [-0.4, -0.2) is 47.7 Å². The third kappa shape index (κ3) is 3.91. The molecule has 1 unspecified atom stereocenters. The van der Waals surface area contributed by atoms with Crippen LogP contribution in [0.25, 0.3) is 0 Å². The zero-order chi connectivity index (χ0) is 12.9. The lowest BCUT2D eigenvalue weighted by molar-refractivity contribution is 0.0172. The molecule has 1 saturated carbocycles. The van der Waals surface area contributed by atoms with Crippen LogP contribution in [0.4, 0.5) is 5.95 Å². The first-order valence-electron chi connectivity index (χ1n) is 7.27. The maximum Gasteiger partial charge on any atom is 0.242 e. The van der Waals surface area contributed by atoms with Gasteiger partial charge >= 0.3 is 0 Å². The predicted octanol–water partition coefficient (Wildman–Crippen LogP) is 1.68. The molecule has 1 saturated heterocycles. The molecule has 3 rings (SSSR count). The van der Waals surface area contributed by atoms with E-state index in [0.717, 1.165) is 45.0 Å². The molecule has 0 bridgehead atoms. The second kappa shape index (κ2) is 6.34. The molecule has 2 heterocycles. The molecule has 106 valence electrons. The molecule has 1 aromatic rings. The summed E-state index contributed by atoms with van der Waals surface area (Å²) in [6.07, 6.45) is 6.07. The molecule has 2 fully saturated rings. The van der Waals surface area contributed by atoms with E-state index in [0.29, 0.717) is 18.0 Å². The molecule has 0 amide bonds. The van der Waals surface area contributed by atoms with Crippen LogP contribution in [0.2, 0.25) is 0 Å². The molecule has 2 aliphatic rings. The summed E-state index contributed by atoms with van der Waals surface area (Å²) in [4.78, 5) is 4.41. The van der Waals surface area contributed by atoms with Gasteiger partial charge in [0.25, 0.3) is 0 Å². The van der Waals surface area contributed by atoms with Crippen molar-refractivity contribution >= 4 is 5.95 Å². The SMILES string of the molecule is C(CNc1n[nH]c(C2CC2)n1)COCC1CCCO1. The molecule has 1 aromatic heterocycles. The summed E-state index contributed by atoms with van der Waals surface area (Å²) < 4.78 is 11.1. The van der Waals surface area contributed by atoms with E-state index in [-0.39, 0.29) is 0 Å². The molecule has 1 atom stereocenters. The molecular formula is C13H22N4O2. The van der Waals surface area contributed by atoms with Gasteiger partial charge in [0.2, 0.25) is 5.95 Å². The van der Waals surface area contributed by atoms with E-state index < -0.39 is 0 Å². The van der Waals surface area contributed by atoms with E-state index in [1.54, 1.807) is 0 Å². The smallest absolute Gasteiger partial charge is 0.242 e. The van der Waals surface area contributed by atoms with Gasteiger partial charge in [-0.25, -0.2) is 0 Å². The Morgan fingerprint density at radius 2 is 2.32 bits per heavy atom. The van der Waals surface area contributed by atoms with Crippen molar-refractivity contribution in [3.05, 3.63) is 5.82 Å². The molecule has 2 N–H and O–H groups in total. The Morgan fingerprint density at radius 3 is 3.11 bits per heavy atom. The molecule has 1 aliphatic carbocycles. The average Bonchev–Trinajstić information content (AvgIpc) is 2.96. The number of nitrogens with one attached hydrogen (secondary N) is 2. The third-order valence-electron chi connectivity index (χ3n) is 3.54. The van der Waals surface area contributed by atoms with E-state index in [1.807, 2.05) is 0 Å². The Labute approximate surface area is 113 Å². The Kier molecular flexibility index (Phi) is 4.30. The number of H-pyrrole nitrogens is 1. The monoisotopic (exact) mass is 266 g/mol. The van der Waals surface area contributed by atoms with Crippen LogP contribution >= 0.6 is 0 Å². The highest BCUT2D eigenvalue weighted by atomic mass is 16.5. The van der Waals surface area contributed by atoms with Crippen LogP contribution in [0.15, 0.2) is 0 Å². The summed E-state index contributed by atoms with van der Waals surface area (Å²) >= 11 is 0. The van der Waals surface area contributed by atoms with Crippen LogP contribution in [0.1, 0.15) is 43.8 Å². The van der Waals surface area contributed by atoms with Crippen molar-refractivity contribution in [1.82, 2.24) is 15.2 Å². The second-order valence-electron chi connectivity index (χ2n) is 5.31. The first kappa shape index (κ1) is 12.9. The zero-order valence-corrected chi connectivity index (χ0v) is 11.2. The number of hydrogen-bond donors (Lipinski definition) is 2. The number of hydrogen-bond acceptors (Lipinski definition) is 5. The molecular weight excluding hydrogens is 244 g/mol. The number of anilines is 1. The minimum absolute atomic E-state index is 0.321. The largest absolute Gasteiger partial charge is 0.379 e. The van der Waals surface area contributed by atoms with Gasteiger partial charge in [-0.1, -0.05) is 0 Å². The summed E-state index contributed by atoms with van der Waals surface area (Å²) in [5.74, 6) is 2.36. The number of ether oxygens (including phenoxy) is 2. The Hall–Kier alpha value is -1.14. The molecule has 0 aromatic carbocycles. The predicted molar refractivity (Wildman–Crippen MR) is 71.3 cm³/mol. The van der Waals surface area contributed by atoms with E-state index >= 15 is 0 Å². The first-order chi connectivity index (χ1) is 9.42. The van der Waals surface area contributed by atoms with Crippen LogP contribution in [0.3, 0.4) is 0 Å². The molecule has 6 heteroatoms. The van der Waals surface area contributed by atoms with Crippen molar-refractivity contribution in [2.45, 2.75) is 44.1 Å². The fourth-order valence-corrected chi connectivity index (χ4v) is 2.26. The number of aromatic amines is 1. The van der Waals surface area contributed by atoms with E-state index in [4.69, 9.17) is 9.47 Å². The standard InChI is InChI=1S/C13H22N4O2/c1-3-11(19-8-1)9-18-7-2-6-14-13-15-12(16-17-13)10-4-5-10/h10-11H,1-9H2,(H2,14,15,16,17). The summed E-state index contributed by atoms with van der Waals surface area (Å²) in [6, 6.07) is 0. The van der Waals surface area contributed by atoms with Crippen molar-refractivity contribution in [1.29, 1.82) is 0 Å². The van der Waals surface area contributed by atoms with Gasteiger partial charge in [-0.2, -0.15) is 4.98 Å². The summed E-state index contributed by atoms with van der Waals surface area (Å²) in [7, 11) is 0. The van der Waals surface area contributed by atoms with Crippen LogP contribution in [0, 0.1) is 0 Å². The van der Waals surface area contributed by atoms with Crippen LogP contribution in [0.5, 0.6) is 0 Å². The lowest BCUT2D eigenvalue weighted by atomic mass is 10.2. The van der Waals surface area contributed by atoms with Crippen molar-refractivity contribution in [3.63, 3.8) is 0 Å². The first-order valence-corrected chi connectivity index (χ1v) is 7.27. The van der Waals surface area contributed by atoms with Crippen LogP contribution in [-0.2, 0) is 9.47 Å². The van der Waals surface area contributed by atoms with Gasteiger partial charge in [-0.05, 0) is 32.1 Å². The topological polar surface area (TPSA) is 72.1 Å². The normalized spacial score (nSPS) is 22.8. The molecule has 6 nitrogen and oxygen atoms in total. The number of rotatable bonds is 8. The van der Waals surface area contributed by atoms with Gasteiger partial charge in [0.1, 0.15) is 5.82 Å². The molecule has 1 aliphatic heterocycles. The van der Waals surface area contributed by atoms with Crippen molar-refractivity contribution in [3.8, 4) is 0 Å². The maximum absolute atomic E-state index is 5.60. The number of aromatic nitrogens is 3. The van der Waals surface area contributed by atoms with E-state index in [2.05, 4.69) is 20.5 Å². The highest BCUT2D eigenvalue weighted by Gasteiger charge is 2.27. The van der Waals surface area contributed by atoms with Gasteiger partial charge < -0.3 is 14.8 Å². The third-order valence-corrected chi connectivity index (χ3v) is 3.54.